The quantitative estimate of drug-likeness (QED) is 0.528. The molecule has 0 aliphatic rings. The highest BCUT2D eigenvalue weighted by Crippen LogP contribution is 2.02. The first kappa shape index (κ1) is 16.0. The molecule has 110 valence electrons. The molecular weight excluding hydrogens is 260 g/mol. The van der Waals surface area contributed by atoms with Gasteiger partial charge in [-0.05, 0) is 12.0 Å². The van der Waals surface area contributed by atoms with Gasteiger partial charge in [0.05, 0.1) is 6.10 Å². The maximum absolute atomic E-state index is 11.4. The van der Waals surface area contributed by atoms with Gasteiger partial charge in [0.25, 0.3) is 0 Å². The lowest BCUT2D eigenvalue weighted by atomic mass is 10.1. The molecule has 0 heterocycles. The molecule has 6 nitrogen and oxygen atoms in total. The third kappa shape index (κ3) is 7.38. The van der Waals surface area contributed by atoms with Crippen molar-refractivity contribution in [2.24, 2.45) is 0 Å². The first-order valence-corrected chi connectivity index (χ1v) is 6.53. The molecule has 0 spiro atoms. The number of aliphatic carboxylic acids is 1. The van der Waals surface area contributed by atoms with Crippen LogP contribution in [0.1, 0.15) is 18.4 Å². The van der Waals surface area contributed by atoms with E-state index in [1.54, 1.807) is 0 Å². The van der Waals surface area contributed by atoms with Crippen LogP contribution in [0.25, 0.3) is 0 Å². The van der Waals surface area contributed by atoms with Gasteiger partial charge in [0.15, 0.2) is 0 Å². The Morgan fingerprint density at radius 3 is 2.50 bits per heavy atom. The van der Waals surface area contributed by atoms with Gasteiger partial charge < -0.3 is 20.8 Å². The summed E-state index contributed by atoms with van der Waals surface area (Å²) in [5.41, 5.74) is 1.00. The molecule has 0 unspecified atom stereocenters. The van der Waals surface area contributed by atoms with Gasteiger partial charge in [-0.1, -0.05) is 30.3 Å². The van der Waals surface area contributed by atoms with Crippen LogP contribution in [0.4, 0.5) is 4.79 Å². The van der Waals surface area contributed by atoms with Crippen LogP contribution in [0.15, 0.2) is 30.3 Å². The molecule has 1 atom stereocenters. The number of carboxylic acids is 1. The van der Waals surface area contributed by atoms with Gasteiger partial charge >= 0.3 is 12.0 Å². The SMILES string of the molecule is O=C(O)CCCNC(=O)NC[C@H](O)Cc1ccccc1. The maximum Gasteiger partial charge on any atom is 0.314 e. The summed E-state index contributed by atoms with van der Waals surface area (Å²) < 4.78 is 0. The predicted octanol–water partition coefficient (Wildman–Crippen LogP) is 0.754. The van der Waals surface area contributed by atoms with Crippen molar-refractivity contribution in [2.45, 2.75) is 25.4 Å². The molecular formula is C14H20N2O4. The number of benzene rings is 1. The van der Waals surface area contributed by atoms with Gasteiger partial charge in [-0.3, -0.25) is 4.79 Å². The lowest BCUT2D eigenvalue weighted by molar-refractivity contribution is -0.137. The molecule has 20 heavy (non-hydrogen) atoms. The lowest BCUT2D eigenvalue weighted by Crippen LogP contribution is -2.40. The van der Waals surface area contributed by atoms with Gasteiger partial charge in [0.1, 0.15) is 0 Å². The van der Waals surface area contributed by atoms with Crippen LogP contribution in [-0.2, 0) is 11.2 Å². The summed E-state index contributed by atoms with van der Waals surface area (Å²) in [5, 5.41) is 23.3. The molecule has 1 aromatic rings. The second-order valence-electron chi connectivity index (χ2n) is 4.48. The fourth-order valence-electron chi connectivity index (χ4n) is 1.67. The number of nitrogens with one attached hydrogen (secondary N) is 2. The first-order valence-electron chi connectivity index (χ1n) is 6.53. The molecule has 0 radical (unpaired) electrons. The van der Waals surface area contributed by atoms with E-state index in [0.717, 1.165) is 5.56 Å². The zero-order valence-corrected chi connectivity index (χ0v) is 11.2. The van der Waals surface area contributed by atoms with Crippen molar-refractivity contribution in [3.8, 4) is 0 Å². The fraction of sp³-hybridized carbons (Fsp3) is 0.429. The number of rotatable bonds is 8. The number of aliphatic hydroxyl groups excluding tert-OH is 1. The highest BCUT2D eigenvalue weighted by molar-refractivity contribution is 5.73. The Hall–Kier alpha value is -2.08. The van der Waals surface area contributed by atoms with Crippen molar-refractivity contribution in [1.29, 1.82) is 0 Å². The number of carbonyl (C=O) groups is 2. The summed E-state index contributed by atoms with van der Waals surface area (Å²) in [4.78, 5) is 21.6. The Labute approximate surface area is 117 Å². The second-order valence-corrected chi connectivity index (χ2v) is 4.48. The van der Waals surface area contributed by atoms with Crippen LogP contribution in [0.2, 0.25) is 0 Å². The van der Waals surface area contributed by atoms with Crippen LogP contribution >= 0.6 is 0 Å². The molecule has 2 amide bonds. The average molecular weight is 280 g/mol. The molecule has 0 aliphatic heterocycles. The number of amides is 2. The van der Waals surface area contributed by atoms with E-state index in [2.05, 4.69) is 10.6 Å². The number of aliphatic hydroxyl groups is 1. The third-order valence-electron chi connectivity index (χ3n) is 2.67. The highest BCUT2D eigenvalue weighted by atomic mass is 16.4. The van der Waals surface area contributed by atoms with Crippen molar-refractivity contribution >= 4 is 12.0 Å². The minimum Gasteiger partial charge on any atom is -0.481 e. The largest absolute Gasteiger partial charge is 0.481 e. The van der Waals surface area contributed by atoms with E-state index in [1.807, 2.05) is 30.3 Å². The van der Waals surface area contributed by atoms with Crippen molar-refractivity contribution in [3.63, 3.8) is 0 Å². The molecule has 0 aliphatic carbocycles. The van der Waals surface area contributed by atoms with E-state index in [4.69, 9.17) is 5.11 Å². The minimum absolute atomic E-state index is 0.0247. The molecule has 1 aromatic carbocycles. The van der Waals surface area contributed by atoms with Crippen LogP contribution in [0.3, 0.4) is 0 Å². The van der Waals surface area contributed by atoms with Gasteiger partial charge in [-0.2, -0.15) is 0 Å². The number of hydrogen-bond acceptors (Lipinski definition) is 3. The molecule has 6 heteroatoms. The van der Waals surface area contributed by atoms with Crippen LogP contribution in [0.5, 0.6) is 0 Å². The van der Waals surface area contributed by atoms with Crippen LogP contribution in [-0.4, -0.2) is 41.4 Å². The van der Waals surface area contributed by atoms with Gasteiger partial charge in [0, 0.05) is 25.9 Å². The zero-order valence-electron chi connectivity index (χ0n) is 11.2. The Kier molecular flexibility index (Phi) is 7.13. The Balaban J connectivity index is 2.12. The smallest absolute Gasteiger partial charge is 0.314 e. The predicted molar refractivity (Wildman–Crippen MR) is 74.4 cm³/mol. The van der Waals surface area contributed by atoms with Gasteiger partial charge in [0.2, 0.25) is 0 Å². The lowest BCUT2D eigenvalue weighted by Gasteiger charge is -2.12. The third-order valence-corrected chi connectivity index (χ3v) is 2.67. The topological polar surface area (TPSA) is 98.7 Å². The van der Waals surface area contributed by atoms with E-state index in [0.29, 0.717) is 19.4 Å². The molecule has 0 saturated heterocycles. The first-order chi connectivity index (χ1) is 9.58. The number of urea groups is 1. The summed E-state index contributed by atoms with van der Waals surface area (Å²) in [6.07, 6.45) is 0.231. The molecule has 4 N–H and O–H groups in total. The number of carbonyl (C=O) groups excluding carboxylic acids is 1. The van der Waals surface area contributed by atoms with Crippen molar-refractivity contribution < 1.29 is 19.8 Å². The van der Waals surface area contributed by atoms with E-state index in [9.17, 15) is 14.7 Å². The van der Waals surface area contributed by atoms with Gasteiger partial charge in [-0.15, -0.1) is 0 Å². The maximum atomic E-state index is 11.4. The standard InChI is InChI=1S/C14H20N2O4/c17-12(9-11-5-2-1-3-6-11)10-16-14(20)15-8-4-7-13(18)19/h1-3,5-6,12,17H,4,7-10H2,(H,18,19)(H2,15,16,20)/t12-/m1/s1. The zero-order chi connectivity index (χ0) is 14.8. The monoisotopic (exact) mass is 280 g/mol. The molecule has 0 bridgehead atoms. The van der Waals surface area contributed by atoms with E-state index < -0.39 is 18.1 Å². The molecule has 1 rings (SSSR count). The Bertz CT molecular complexity index is 422. The highest BCUT2D eigenvalue weighted by Gasteiger charge is 2.07. The van der Waals surface area contributed by atoms with Gasteiger partial charge in [-0.25, -0.2) is 4.79 Å². The van der Waals surface area contributed by atoms with Crippen molar-refractivity contribution in [2.75, 3.05) is 13.1 Å². The second kappa shape index (κ2) is 8.92. The van der Waals surface area contributed by atoms with E-state index in [-0.39, 0.29) is 13.0 Å². The molecule has 0 aromatic heterocycles. The minimum atomic E-state index is -0.884. The average Bonchev–Trinajstić information content (AvgIpc) is 2.42. The van der Waals surface area contributed by atoms with Crippen LogP contribution in [0, 0.1) is 0 Å². The van der Waals surface area contributed by atoms with Crippen LogP contribution < -0.4 is 10.6 Å². The fourth-order valence-corrected chi connectivity index (χ4v) is 1.67. The number of carboxylic acid groups (broad SMARTS) is 1. The van der Waals surface area contributed by atoms with E-state index >= 15 is 0 Å². The van der Waals surface area contributed by atoms with Crippen molar-refractivity contribution in [3.05, 3.63) is 35.9 Å². The normalized spacial score (nSPS) is 11.7. The molecule has 0 fully saturated rings. The van der Waals surface area contributed by atoms with Crippen molar-refractivity contribution in [1.82, 2.24) is 10.6 Å². The Morgan fingerprint density at radius 2 is 1.85 bits per heavy atom. The summed E-state index contributed by atoms with van der Waals surface area (Å²) in [6, 6.07) is 9.11. The Morgan fingerprint density at radius 1 is 1.15 bits per heavy atom. The summed E-state index contributed by atoms with van der Waals surface area (Å²) in [5.74, 6) is -0.884. The summed E-state index contributed by atoms with van der Waals surface area (Å²) >= 11 is 0. The summed E-state index contributed by atoms with van der Waals surface area (Å²) in [6.45, 7) is 0.451. The molecule has 0 saturated carbocycles. The number of hydrogen-bond donors (Lipinski definition) is 4. The van der Waals surface area contributed by atoms with E-state index in [1.165, 1.54) is 0 Å². The summed E-state index contributed by atoms with van der Waals surface area (Å²) in [7, 11) is 0.